The number of carbonyl (C=O) groups excluding carboxylic acids is 1. The lowest BCUT2D eigenvalue weighted by atomic mass is 9.95. The molecule has 176 valence electrons. The number of aromatic carboxylic acids is 1. The van der Waals surface area contributed by atoms with Crippen LogP contribution >= 0.6 is 0 Å². The SMILES string of the molecule is CC1(C)COc2c(C3(NC(=O)OCc4ccccc4)CC3)c(F)cc3c(=O)c(C(=O)O)cn1c23. The van der Waals surface area contributed by atoms with Gasteiger partial charge in [-0.15, -0.1) is 0 Å². The van der Waals surface area contributed by atoms with Crippen LogP contribution in [0.25, 0.3) is 10.9 Å². The zero-order valence-corrected chi connectivity index (χ0v) is 18.7. The number of nitrogens with zero attached hydrogens (tertiary/aromatic N) is 1. The summed E-state index contributed by atoms with van der Waals surface area (Å²) in [7, 11) is 0. The van der Waals surface area contributed by atoms with Gasteiger partial charge in [-0.1, -0.05) is 30.3 Å². The molecule has 3 aromatic rings. The topological polar surface area (TPSA) is 107 Å². The molecular weight excluding hydrogens is 443 g/mol. The highest BCUT2D eigenvalue weighted by molar-refractivity contribution is 5.95. The number of pyridine rings is 1. The van der Waals surface area contributed by atoms with Crippen molar-refractivity contribution in [3.8, 4) is 5.75 Å². The number of carboxylic acids is 1. The van der Waals surface area contributed by atoms with Gasteiger partial charge in [0.1, 0.15) is 24.6 Å². The molecule has 0 bridgehead atoms. The molecule has 2 aromatic carbocycles. The summed E-state index contributed by atoms with van der Waals surface area (Å²) in [5, 5.41) is 12.2. The Bertz CT molecular complexity index is 1390. The number of nitrogens with one attached hydrogen (secondary N) is 1. The molecule has 9 heteroatoms. The third-order valence-electron chi connectivity index (χ3n) is 6.43. The van der Waals surface area contributed by atoms with E-state index < -0.39 is 39.9 Å². The smallest absolute Gasteiger partial charge is 0.408 e. The van der Waals surface area contributed by atoms with E-state index in [-0.39, 0.29) is 29.9 Å². The first-order valence-corrected chi connectivity index (χ1v) is 10.9. The minimum Gasteiger partial charge on any atom is -0.488 e. The first kappa shape index (κ1) is 21.9. The molecule has 0 saturated heterocycles. The molecule has 2 N–H and O–H groups in total. The number of benzene rings is 2. The second kappa shape index (κ2) is 7.58. The van der Waals surface area contributed by atoms with E-state index in [4.69, 9.17) is 9.47 Å². The normalized spacial score (nSPS) is 17.0. The van der Waals surface area contributed by atoms with Gasteiger partial charge in [-0.25, -0.2) is 14.0 Å². The summed E-state index contributed by atoms with van der Waals surface area (Å²) in [5.74, 6) is -1.98. The summed E-state index contributed by atoms with van der Waals surface area (Å²) in [5.41, 5.74) is -1.67. The van der Waals surface area contributed by atoms with E-state index in [0.717, 1.165) is 11.6 Å². The lowest BCUT2D eigenvalue weighted by Gasteiger charge is -2.37. The first-order chi connectivity index (χ1) is 16.1. The van der Waals surface area contributed by atoms with E-state index in [9.17, 15) is 19.5 Å². The number of halogens is 1. The Balaban J connectivity index is 1.57. The van der Waals surface area contributed by atoms with E-state index in [2.05, 4.69) is 5.32 Å². The third-order valence-corrected chi connectivity index (χ3v) is 6.43. The Morgan fingerprint density at radius 3 is 2.59 bits per heavy atom. The average Bonchev–Trinajstić information content (AvgIpc) is 3.56. The number of hydrogen-bond donors (Lipinski definition) is 2. The van der Waals surface area contributed by atoms with Crippen molar-refractivity contribution >= 4 is 23.0 Å². The number of rotatable bonds is 5. The van der Waals surface area contributed by atoms with Gasteiger partial charge in [-0.3, -0.25) is 4.79 Å². The fourth-order valence-electron chi connectivity index (χ4n) is 4.48. The molecule has 1 aliphatic heterocycles. The maximum atomic E-state index is 15.5. The Morgan fingerprint density at radius 1 is 1.24 bits per heavy atom. The fraction of sp³-hybridized carbons (Fsp3) is 0.320. The predicted molar refractivity (Wildman–Crippen MR) is 121 cm³/mol. The van der Waals surface area contributed by atoms with Crippen LogP contribution in [0.15, 0.2) is 47.4 Å². The maximum Gasteiger partial charge on any atom is 0.408 e. The molecule has 0 radical (unpaired) electrons. The van der Waals surface area contributed by atoms with Crippen LogP contribution in [0.2, 0.25) is 0 Å². The van der Waals surface area contributed by atoms with Gasteiger partial charge in [0, 0.05) is 6.20 Å². The van der Waals surface area contributed by atoms with Crippen molar-refractivity contribution in [2.75, 3.05) is 6.61 Å². The maximum absolute atomic E-state index is 15.5. The molecule has 2 heterocycles. The average molecular weight is 466 g/mol. The third kappa shape index (κ3) is 3.48. The highest BCUT2D eigenvalue weighted by Crippen LogP contribution is 2.53. The van der Waals surface area contributed by atoms with Crippen molar-refractivity contribution in [3.05, 3.63) is 75.3 Å². The predicted octanol–water partition coefficient (Wildman–Crippen LogP) is 3.88. The Hall–Kier alpha value is -3.88. The minimum atomic E-state index is -1.38. The molecule has 0 spiro atoms. The summed E-state index contributed by atoms with van der Waals surface area (Å²) < 4.78 is 28.4. The highest BCUT2D eigenvalue weighted by atomic mass is 19.1. The van der Waals surface area contributed by atoms with E-state index in [0.29, 0.717) is 18.4 Å². The van der Waals surface area contributed by atoms with E-state index in [1.807, 2.05) is 44.2 Å². The van der Waals surface area contributed by atoms with E-state index in [1.54, 1.807) is 4.57 Å². The number of ether oxygens (including phenoxy) is 2. The molecule has 2 aliphatic rings. The fourth-order valence-corrected chi connectivity index (χ4v) is 4.48. The van der Waals surface area contributed by atoms with Crippen LogP contribution in [0, 0.1) is 5.82 Å². The van der Waals surface area contributed by atoms with Gasteiger partial charge in [0.15, 0.2) is 5.75 Å². The van der Waals surface area contributed by atoms with Gasteiger partial charge in [-0.2, -0.15) is 0 Å². The van der Waals surface area contributed by atoms with Crippen molar-refractivity contribution in [2.24, 2.45) is 0 Å². The van der Waals surface area contributed by atoms with Crippen molar-refractivity contribution < 1.29 is 28.6 Å². The molecule has 1 saturated carbocycles. The quantitative estimate of drug-likeness (QED) is 0.591. The summed E-state index contributed by atoms with van der Waals surface area (Å²) in [6.45, 7) is 3.86. The first-order valence-electron chi connectivity index (χ1n) is 10.9. The zero-order valence-electron chi connectivity index (χ0n) is 18.7. The lowest BCUT2D eigenvalue weighted by molar-refractivity contribution is 0.0693. The summed E-state index contributed by atoms with van der Waals surface area (Å²) in [6, 6.07) is 10.2. The van der Waals surface area contributed by atoms with E-state index >= 15 is 4.39 Å². The molecule has 0 unspecified atom stereocenters. The van der Waals surface area contributed by atoms with Gasteiger partial charge in [-0.05, 0) is 38.3 Å². The van der Waals surface area contributed by atoms with Crippen molar-refractivity contribution in [3.63, 3.8) is 0 Å². The molecule has 1 fully saturated rings. The Labute approximate surface area is 193 Å². The summed E-state index contributed by atoms with van der Waals surface area (Å²) >= 11 is 0. The van der Waals surface area contributed by atoms with Crippen LogP contribution in [0.1, 0.15) is 48.2 Å². The Morgan fingerprint density at radius 2 is 1.94 bits per heavy atom. The lowest BCUT2D eigenvalue weighted by Crippen LogP contribution is -2.41. The van der Waals surface area contributed by atoms with Crippen LogP contribution in [-0.2, 0) is 22.4 Å². The molecule has 1 aromatic heterocycles. The number of alkyl carbamates (subject to hydrolysis) is 1. The van der Waals surface area contributed by atoms with Crippen molar-refractivity contribution in [1.29, 1.82) is 0 Å². The molecular formula is C25H23FN2O6. The largest absolute Gasteiger partial charge is 0.488 e. The van der Waals surface area contributed by atoms with Crippen LogP contribution in [-0.4, -0.2) is 28.3 Å². The summed E-state index contributed by atoms with van der Waals surface area (Å²) in [6.07, 6.45) is 1.52. The number of carbonyl (C=O) groups is 2. The van der Waals surface area contributed by atoms with Crippen LogP contribution in [0.3, 0.4) is 0 Å². The van der Waals surface area contributed by atoms with Gasteiger partial charge < -0.3 is 24.5 Å². The van der Waals surface area contributed by atoms with Crippen LogP contribution < -0.4 is 15.5 Å². The number of hydrogen-bond acceptors (Lipinski definition) is 5. The monoisotopic (exact) mass is 466 g/mol. The van der Waals surface area contributed by atoms with Crippen LogP contribution in [0.5, 0.6) is 5.75 Å². The highest BCUT2D eigenvalue weighted by Gasteiger charge is 2.51. The standard InChI is InChI=1S/C25H23FN2O6/c1-24(2)13-34-21-18(17(26)10-15-19(21)28(24)11-16(20(15)29)22(30)31)25(8-9-25)27-23(32)33-12-14-6-4-3-5-7-14/h3-7,10-11H,8-9,12-13H2,1-2H3,(H,27,32)(H,30,31). The zero-order chi connectivity index (χ0) is 24.3. The minimum absolute atomic E-state index is 0.0675. The van der Waals surface area contributed by atoms with Crippen LogP contribution in [0.4, 0.5) is 9.18 Å². The van der Waals surface area contributed by atoms with Gasteiger partial charge in [0.2, 0.25) is 5.43 Å². The second-order valence-corrected chi connectivity index (χ2v) is 9.38. The molecule has 5 rings (SSSR count). The second-order valence-electron chi connectivity index (χ2n) is 9.38. The number of aromatic nitrogens is 1. The molecule has 1 amide bonds. The molecule has 1 aliphatic carbocycles. The summed E-state index contributed by atoms with van der Waals surface area (Å²) in [4.78, 5) is 37.1. The van der Waals surface area contributed by atoms with Gasteiger partial charge >= 0.3 is 12.1 Å². The van der Waals surface area contributed by atoms with Crippen molar-refractivity contribution in [1.82, 2.24) is 9.88 Å². The molecule has 0 atom stereocenters. The molecule has 34 heavy (non-hydrogen) atoms. The van der Waals surface area contributed by atoms with Crippen molar-refractivity contribution in [2.45, 2.75) is 44.4 Å². The molecule has 8 nitrogen and oxygen atoms in total. The number of amides is 1. The van der Waals surface area contributed by atoms with Gasteiger partial charge in [0.05, 0.1) is 27.5 Å². The number of carboxylic acid groups (broad SMARTS) is 1. The Kier molecular flexibility index (Phi) is 4.89. The van der Waals surface area contributed by atoms with E-state index in [1.165, 1.54) is 6.20 Å². The van der Waals surface area contributed by atoms with Gasteiger partial charge in [0.25, 0.3) is 0 Å².